The van der Waals surface area contributed by atoms with Gasteiger partial charge in [0.15, 0.2) is 5.82 Å². The van der Waals surface area contributed by atoms with Crippen LogP contribution < -0.4 is 5.73 Å². The molecular weight excluding hydrogens is 285 g/mol. The van der Waals surface area contributed by atoms with Crippen LogP contribution in [0.1, 0.15) is 29.6 Å². The predicted octanol–water partition coefficient (Wildman–Crippen LogP) is 2.22. The molecule has 0 aromatic heterocycles. The first-order valence-corrected chi connectivity index (χ1v) is 6.63. The third-order valence-electron chi connectivity index (χ3n) is 3.17. The maximum absolute atomic E-state index is 13.9. The SMILES string of the molecule is N/C(CCN(C(=O)c1cccc(Cl)c1F)C1CC1)=N/O. The van der Waals surface area contributed by atoms with Gasteiger partial charge in [0.2, 0.25) is 0 Å². The molecule has 0 saturated heterocycles. The van der Waals surface area contributed by atoms with E-state index in [2.05, 4.69) is 5.16 Å². The first-order valence-electron chi connectivity index (χ1n) is 6.26. The van der Waals surface area contributed by atoms with E-state index in [9.17, 15) is 9.18 Å². The fourth-order valence-electron chi connectivity index (χ4n) is 1.94. The average Bonchev–Trinajstić information content (AvgIpc) is 3.26. The highest BCUT2D eigenvalue weighted by Gasteiger charge is 2.34. The van der Waals surface area contributed by atoms with Crippen LogP contribution in [0.15, 0.2) is 23.4 Å². The smallest absolute Gasteiger partial charge is 0.257 e. The molecule has 0 bridgehead atoms. The number of carbonyl (C=O) groups excluding carboxylic acids is 1. The number of halogens is 2. The second kappa shape index (κ2) is 6.09. The van der Waals surface area contributed by atoms with Crippen molar-refractivity contribution < 1.29 is 14.4 Å². The molecule has 108 valence electrons. The zero-order valence-electron chi connectivity index (χ0n) is 10.7. The second-order valence-electron chi connectivity index (χ2n) is 4.67. The molecule has 1 aliphatic carbocycles. The summed E-state index contributed by atoms with van der Waals surface area (Å²) >= 11 is 5.69. The highest BCUT2D eigenvalue weighted by Crippen LogP contribution is 2.29. The number of benzene rings is 1. The highest BCUT2D eigenvalue weighted by molar-refractivity contribution is 6.31. The lowest BCUT2D eigenvalue weighted by Gasteiger charge is -2.22. The Balaban J connectivity index is 2.17. The molecule has 0 heterocycles. The summed E-state index contributed by atoms with van der Waals surface area (Å²) < 4.78 is 13.9. The number of nitrogens with zero attached hydrogens (tertiary/aromatic N) is 2. The lowest BCUT2D eigenvalue weighted by molar-refractivity contribution is 0.0742. The van der Waals surface area contributed by atoms with E-state index in [0.29, 0.717) is 0 Å². The number of hydrogen-bond acceptors (Lipinski definition) is 3. The maximum atomic E-state index is 13.9. The van der Waals surface area contributed by atoms with Crippen molar-refractivity contribution in [3.8, 4) is 0 Å². The quantitative estimate of drug-likeness (QED) is 0.379. The van der Waals surface area contributed by atoms with Crippen LogP contribution in [0.25, 0.3) is 0 Å². The molecule has 5 nitrogen and oxygen atoms in total. The van der Waals surface area contributed by atoms with Gasteiger partial charge in [-0.3, -0.25) is 4.79 Å². The van der Waals surface area contributed by atoms with Crippen LogP contribution in [-0.2, 0) is 0 Å². The van der Waals surface area contributed by atoms with E-state index in [-0.39, 0.29) is 35.4 Å². The Morgan fingerprint density at radius 1 is 1.55 bits per heavy atom. The van der Waals surface area contributed by atoms with Crippen molar-refractivity contribution in [1.82, 2.24) is 4.90 Å². The molecular formula is C13H15ClFN3O2. The Bertz CT molecular complexity index is 546. The van der Waals surface area contributed by atoms with Gasteiger partial charge in [-0.15, -0.1) is 0 Å². The summed E-state index contributed by atoms with van der Waals surface area (Å²) in [5, 5.41) is 11.3. The minimum atomic E-state index is -0.714. The Hall–Kier alpha value is -1.82. The predicted molar refractivity (Wildman–Crippen MR) is 73.5 cm³/mol. The normalized spacial score (nSPS) is 15.2. The van der Waals surface area contributed by atoms with Crippen LogP contribution in [0.4, 0.5) is 4.39 Å². The molecule has 1 amide bonds. The van der Waals surface area contributed by atoms with E-state index >= 15 is 0 Å². The first-order chi connectivity index (χ1) is 9.54. The summed E-state index contributed by atoms with van der Waals surface area (Å²) in [6.07, 6.45) is 2.00. The molecule has 0 atom stereocenters. The molecule has 1 aromatic rings. The van der Waals surface area contributed by atoms with Gasteiger partial charge in [-0.1, -0.05) is 22.8 Å². The monoisotopic (exact) mass is 299 g/mol. The standard InChI is InChI=1S/C13H15ClFN3O2/c14-10-3-1-2-9(12(10)15)13(19)18(8-4-5-8)7-6-11(16)17-20/h1-3,8,20H,4-7H2,(H2,16,17). The number of amidine groups is 1. The molecule has 1 aromatic carbocycles. The van der Waals surface area contributed by atoms with Crippen LogP contribution >= 0.6 is 11.6 Å². The molecule has 1 fully saturated rings. The minimum Gasteiger partial charge on any atom is -0.409 e. The van der Waals surface area contributed by atoms with Crippen LogP contribution in [0.3, 0.4) is 0 Å². The zero-order chi connectivity index (χ0) is 14.7. The molecule has 3 N–H and O–H groups in total. The van der Waals surface area contributed by atoms with Gasteiger partial charge in [-0.25, -0.2) is 4.39 Å². The van der Waals surface area contributed by atoms with Gasteiger partial charge in [0.1, 0.15) is 5.84 Å². The molecule has 0 radical (unpaired) electrons. The van der Waals surface area contributed by atoms with E-state index < -0.39 is 11.7 Å². The number of hydrogen-bond donors (Lipinski definition) is 2. The molecule has 1 saturated carbocycles. The van der Waals surface area contributed by atoms with Crippen molar-refractivity contribution in [2.45, 2.75) is 25.3 Å². The Morgan fingerprint density at radius 2 is 2.25 bits per heavy atom. The van der Waals surface area contributed by atoms with Crippen LogP contribution in [0.5, 0.6) is 0 Å². The van der Waals surface area contributed by atoms with E-state index in [4.69, 9.17) is 22.5 Å². The van der Waals surface area contributed by atoms with Crippen molar-refractivity contribution >= 4 is 23.3 Å². The average molecular weight is 300 g/mol. The molecule has 2 rings (SSSR count). The topological polar surface area (TPSA) is 78.9 Å². The lowest BCUT2D eigenvalue weighted by Crippen LogP contribution is -2.36. The van der Waals surface area contributed by atoms with Gasteiger partial charge < -0.3 is 15.8 Å². The molecule has 7 heteroatoms. The number of nitrogens with two attached hydrogens (primary N) is 1. The van der Waals surface area contributed by atoms with E-state index in [1.54, 1.807) is 4.90 Å². The molecule has 0 aliphatic heterocycles. The zero-order valence-corrected chi connectivity index (χ0v) is 11.5. The summed E-state index contributed by atoms with van der Waals surface area (Å²) in [5.41, 5.74) is 5.35. The molecule has 0 spiro atoms. The third-order valence-corrected chi connectivity index (χ3v) is 3.46. The summed E-state index contributed by atoms with van der Waals surface area (Å²) in [7, 11) is 0. The van der Waals surface area contributed by atoms with Crippen LogP contribution in [-0.4, -0.2) is 34.4 Å². The number of oxime groups is 1. The fourth-order valence-corrected chi connectivity index (χ4v) is 2.12. The Morgan fingerprint density at radius 3 is 2.85 bits per heavy atom. The molecule has 20 heavy (non-hydrogen) atoms. The van der Waals surface area contributed by atoms with Crippen molar-refractivity contribution in [2.24, 2.45) is 10.9 Å². The van der Waals surface area contributed by atoms with Gasteiger partial charge in [0, 0.05) is 19.0 Å². The van der Waals surface area contributed by atoms with Gasteiger partial charge in [-0.05, 0) is 25.0 Å². The second-order valence-corrected chi connectivity index (χ2v) is 5.08. The summed E-state index contributed by atoms with van der Waals surface area (Å²) in [6, 6.07) is 4.42. The van der Waals surface area contributed by atoms with Gasteiger partial charge in [0.25, 0.3) is 5.91 Å². The van der Waals surface area contributed by atoms with Gasteiger partial charge >= 0.3 is 0 Å². The fraction of sp³-hybridized carbons (Fsp3) is 0.385. The minimum absolute atomic E-state index is 0.0371. The molecule has 0 unspecified atom stereocenters. The largest absolute Gasteiger partial charge is 0.409 e. The summed E-state index contributed by atoms with van der Waals surface area (Å²) in [4.78, 5) is 13.9. The van der Waals surface area contributed by atoms with Crippen LogP contribution in [0, 0.1) is 5.82 Å². The van der Waals surface area contributed by atoms with E-state index in [1.165, 1.54) is 18.2 Å². The third kappa shape index (κ3) is 3.19. The number of amides is 1. The Labute approximate surface area is 120 Å². The van der Waals surface area contributed by atoms with Crippen molar-refractivity contribution in [3.05, 3.63) is 34.6 Å². The summed E-state index contributed by atoms with van der Waals surface area (Å²) in [5.74, 6) is -1.10. The van der Waals surface area contributed by atoms with Gasteiger partial charge in [0.05, 0.1) is 10.6 Å². The van der Waals surface area contributed by atoms with Crippen LogP contribution in [0.2, 0.25) is 5.02 Å². The van der Waals surface area contributed by atoms with Crippen molar-refractivity contribution in [3.63, 3.8) is 0 Å². The van der Waals surface area contributed by atoms with E-state index in [0.717, 1.165) is 12.8 Å². The highest BCUT2D eigenvalue weighted by atomic mass is 35.5. The van der Waals surface area contributed by atoms with Crippen molar-refractivity contribution in [2.75, 3.05) is 6.54 Å². The lowest BCUT2D eigenvalue weighted by atomic mass is 10.1. The summed E-state index contributed by atoms with van der Waals surface area (Å²) in [6.45, 7) is 0.283. The first kappa shape index (κ1) is 14.6. The van der Waals surface area contributed by atoms with E-state index in [1.807, 2.05) is 0 Å². The molecule has 1 aliphatic rings. The number of carbonyl (C=O) groups is 1. The number of rotatable bonds is 5. The Kier molecular flexibility index (Phi) is 4.44. The van der Waals surface area contributed by atoms with Gasteiger partial charge in [-0.2, -0.15) is 0 Å². The maximum Gasteiger partial charge on any atom is 0.257 e. The van der Waals surface area contributed by atoms with Crippen molar-refractivity contribution in [1.29, 1.82) is 0 Å².